The Morgan fingerprint density at radius 2 is 2.35 bits per heavy atom. The van der Waals surface area contributed by atoms with E-state index in [1.807, 2.05) is 6.07 Å². The lowest BCUT2D eigenvalue weighted by molar-refractivity contribution is -0.118. The molecule has 0 aliphatic carbocycles. The molecule has 1 aliphatic heterocycles. The van der Waals surface area contributed by atoms with Gasteiger partial charge >= 0.3 is 0 Å². The van der Waals surface area contributed by atoms with Crippen LogP contribution >= 0.6 is 0 Å². The average molecular weight is 227 g/mol. The zero-order chi connectivity index (χ0) is 12.3. The molecule has 1 aromatic heterocycles. The summed E-state index contributed by atoms with van der Waals surface area (Å²) in [6.45, 7) is 0. The number of anilines is 1. The molecule has 0 bridgehead atoms. The third kappa shape index (κ3) is 2.18. The number of nitriles is 1. The van der Waals surface area contributed by atoms with Crippen molar-refractivity contribution in [1.82, 2.24) is 9.97 Å². The summed E-state index contributed by atoms with van der Waals surface area (Å²) in [6.07, 6.45) is 4.57. The number of nitrogens with one attached hydrogen (secondary N) is 1. The maximum absolute atomic E-state index is 11.2. The van der Waals surface area contributed by atoms with E-state index >= 15 is 0 Å². The molecule has 0 saturated carbocycles. The number of rotatable bonds is 2. The first kappa shape index (κ1) is 11.0. The van der Waals surface area contributed by atoms with E-state index in [0.29, 0.717) is 17.2 Å². The Kier molecular flexibility index (Phi) is 2.92. The first-order valence-corrected chi connectivity index (χ1v) is 4.95. The molecule has 0 saturated heterocycles. The Bertz CT molecular complexity index is 555. The summed E-state index contributed by atoms with van der Waals surface area (Å²) in [4.78, 5) is 23.1. The third-order valence-corrected chi connectivity index (χ3v) is 2.26. The number of aliphatic imine (C=N–C) groups is 1. The maximum Gasteiger partial charge on any atom is 0.266 e. The van der Waals surface area contributed by atoms with Gasteiger partial charge in [0.25, 0.3) is 5.91 Å². The van der Waals surface area contributed by atoms with Gasteiger partial charge in [-0.3, -0.25) is 4.79 Å². The van der Waals surface area contributed by atoms with Crippen molar-refractivity contribution in [2.24, 2.45) is 10.9 Å². The van der Waals surface area contributed by atoms with Gasteiger partial charge in [-0.2, -0.15) is 5.26 Å². The normalized spacial score (nSPS) is 18.5. The summed E-state index contributed by atoms with van der Waals surface area (Å²) in [6, 6.07) is 3.58. The maximum atomic E-state index is 11.2. The number of hydrogen-bond acceptors (Lipinski definition) is 5. The summed E-state index contributed by atoms with van der Waals surface area (Å²) in [5, 5.41) is 11.6. The molecule has 6 nitrogen and oxygen atoms in total. The Balaban J connectivity index is 2.38. The molecule has 84 valence electrons. The number of aromatic nitrogens is 2. The van der Waals surface area contributed by atoms with Crippen LogP contribution in [0.25, 0.3) is 5.57 Å². The van der Waals surface area contributed by atoms with Gasteiger partial charge in [-0.15, -0.1) is 0 Å². The van der Waals surface area contributed by atoms with Crippen molar-refractivity contribution in [2.45, 2.75) is 0 Å². The molecule has 1 amide bonds. The molecule has 1 N–H and O–H groups in total. The first-order chi connectivity index (χ1) is 8.24. The van der Waals surface area contributed by atoms with Gasteiger partial charge in [0.05, 0.1) is 11.8 Å². The van der Waals surface area contributed by atoms with Gasteiger partial charge in [0.1, 0.15) is 5.92 Å². The Labute approximate surface area is 97.7 Å². The summed E-state index contributed by atoms with van der Waals surface area (Å²) in [5.74, 6) is -0.802. The monoisotopic (exact) mass is 227 g/mol. The molecule has 1 unspecified atom stereocenters. The highest BCUT2D eigenvalue weighted by Gasteiger charge is 2.19. The SMILES string of the molecule is CNc1nccc(C2=CC(C#N)C(=O)N=C2)n1. The first-order valence-electron chi connectivity index (χ1n) is 4.95. The number of nitrogens with zero attached hydrogens (tertiary/aromatic N) is 4. The number of dihydropyridines is 1. The highest BCUT2D eigenvalue weighted by Crippen LogP contribution is 2.18. The fraction of sp³-hybridized carbons (Fsp3) is 0.182. The van der Waals surface area contributed by atoms with Gasteiger partial charge in [-0.25, -0.2) is 15.0 Å². The van der Waals surface area contributed by atoms with E-state index in [1.165, 1.54) is 6.21 Å². The molecular formula is C11H9N5O. The second-order valence-corrected chi connectivity index (χ2v) is 3.34. The third-order valence-electron chi connectivity index (χ3n) is 2.26. The van der Waals surface area contributed by atoms with E-state index in [4.69, 9.17) is 5.26 Å². The molecule has 6 heteroatoms. The predicted molar refractivity (Wildman–Crippen MR) is 62.2 cm³/mol. The van der Waals surface area contributed by atoms with Crippen molar-refractivity contribution in [3.8, 4) is 6.07 Å². The Morgan fingerprint density at radius 3 is 3.06 bits per heavy atom. The van der Waals surface area contributed by atoms with Gasteiger partial charge in [-0.1, -0.05) is 0 Å². The molecule has 1 atom stereocenters. The lowest BCUT2D eigenvalue weighted by atomic mass is 10.0. The van der Waals surface area contributed by atoms with E-state index in [-0.39, 0.29) is 0 Å². The van der Waals surface area contributed by atoms with Crippen LogP contribution in [0.2, 0.25) is 0 Å². The molecule has 1 aromatic rings. The zero-order valence-electron chi connectivity index (χ0n) is 9.08. The molecule has 2 heterocycles. The van der Waals surface area contributed by atoms with Gasteiger partial charge < -0.3 is 5.32 Å². The van der Waals surface area contributed by atoms with Gasteiger partial charge in [0.2, 0.25) is 5.95 Å². The zero-order valence-corrected chi connectivity index (χ0v) is 9.08. The smallest absolute Gasteiger partial charge is 0.266 e. The summed E-state index contributed by atoms with van der Waals surface area (Å²) >= 11 is 0. The van der Waals surface area contributed by atoms with Crippen molar-refractivity contribution in [3.05, 3.63) is 24.0 Å². The number of amides is 1. The van der Waals surface area contributed by atoms with Crippen molar-refractivity contribution >= 4 is 23.6 Å². The Hall–Kier alpha value is -2.55. The van der Waals surface area contributed by atoms with E-state index in [0.717, 1.165) is 0 Å². The van der Waals surface area contributed by atoms with E-state index in [2.05, 4.69) is 20.3 Å². The second kappa shape index (κ2) is 4.53. The number of carbonyl (C=O) groups is 1. The minimum atomic E-state index is -0.831. The standard InChI is InChI=1S/C11H9N5O/c1-13-11-14-3-2-9(16-11)8-4-7(5-12)10(17)15-6-8/h2-4,6-7H,1H3,(H,13,14,16). The van der Waals surface area contributed by atoms with Crippen LogP contribution in [0.1, 0.15) is 5.69 Å². The summed E-state index contributed by atoms with van der Waals surface area (Å²) in [7, 11) is 1.71. The van der Waals surface area contributed by atoms with Gasteiger partial charge in [0, 0.05) is 25.0 Å². The van der Waals surface area contributed by atoms with Crippen LogP contribution in [0.4, 0.5) is 5.95 Å². The minimum Gasteiger partial charge on any atom is -0.357 e. The van der Waals surface area contributed by atoms with Gasteiger partial charge in [-0.05, 0) is 12.1 Å². The van der Waals surface area contributed by atoms with Crippen molar-refractivity contribution < 1.29 is 4.79 Å². The lowest BCUT2D eigenvalue weighted by Gasteiger charge is -2.09. The van der Waals surface area contributed by atoms with Crippen LogP contribution in [-0.4, -0.2) is 29.1 Å². The molecule has 2 rings (SSSR count). The largest absolute Gasteiger partial charge is 0.357 e. The molecule has 1 aliphatic rings. The van der Waals surface area contributed by atoms with Crippen molar-refractivity contribution in [1.29, 1.82) is 5.26 Å². The van der Waals surface area contributed by atoms with Crippen molar-refractivity contribution in [3.63, 3.8) is 0 Å². The van der Waals surface area contributed by atoms with Crippen LogP contribution in [0.5, 0.6) is 0 Å². The van der Waals surface area contributed by atoms with Crippen LogP contribution in [-0.2, 0) is 4.79 Å². The number of hydrogen-bond donors (Lipinski definition) is 1. The lowest BCUT2D eigenvalue weighted by Crippen LogP contribution is -2.13. The second-order valence-electron chi connectivity index (χ2n) is 3.34. The quantitative estimate of drug-likeness (QED) is 0.801. The number of allylic oxidation sites excluding steroid dienone is 1. The van der Waals surface area contributed by atoms with Crippen LogP contribution < -0.4 is 5.32 Å². The molecule has 0 aromatic carbocycles. The molecule has 0 spiro atoms. The summed E-state index contributed by atoms with van der Waals surface area (Å²) in [5.41, 5.74) is 1.27. The fourth-order valence-electron chi connectivity index (χ4n) is 1.39. The van der Waals surface area contributed by atoms with E-state index < -0.39 is 11.8 Å². The van der Waals surface area contributed by atoms with Crippen molar-refractivity contribution in [2.75, 3.05) is 12.4 Å². The predicted octanol–water partition coefficient (Wildman–Crippen LogP) is 0.652. The highest BCUT2D eigenvalue weighted by molar-refractivity contribution is 6.16. The minimum absolute atomic E-state index is 0.445. The van der Waals surface area contributed by atoms with Gasteiger partial charge in [0.15, 0.2) is 0 Å². The topological polar surface area (TPSA) is 91.0 Å². The van der Waals surface area contributed by atoms with E-state index in [9.17, 15) is 4.79 Å². The average Bonchev–Trinajstić information content (AvgIpc) is 2.39. The highest BCUT2D eigenvalue weighted by atomic mass is 16.1. The molecular weight excluding hydrogens is 218 g/mol. The van der Waals surface area contributed by atoms with Crippen LogP contribution in [0.3, 0.4) is 0 Å². The molecule has 0 fully saturated rings. The fourth-order valence-corrected chi connectivity index (χ4v) is 1.39. The van der Waals surface area contributed by atoms with E-state index in [1.54, 1.807) is 25.4 Å². The van der Waals surface area contributed by atoms with Crippen LogP contribution in [0.15, 0.2) is 23.3 Å². The Morgan fingerprint density at radius 1 is 1.53 bits per heavy atom. The summed E-state index contributed by atoms with van der Waals surface area (Å²) < 4.78 is 0. The molecule has 17 heavy (non-hydrogen) atoms. The molecule has 0 radical (unpaired) electrons. The number of carbonyl (C=O) groups excluding carboxylic acids is 1. The van der Waals surface area contributed by atoms with Crippen LogP contribution in [0, 0.1) is 17.2 Å².